The molecule has 0 spiro atoms. The van der Waals surface area contributed by atoms with Gasteiger partial charge in [0.15, 0.2) is 5.84 Å². The van der Waals surface area contributed by atoms with Crippen molar-refractivity contribution in [2.24, 2.45) is 5.11 Å². The maximum atomic E-state index is 7.90. The van der Waals surface area contributed by atoms with E-state index in [9.17, 15) is 0 Å². The van der Waals surface area contributed by atoms with Crippen molar-refractivity contribution in [2.75, 3.05) is 6.61 Å². The fourth-order valence-corrected chi connectivity index (χ4v) is 0.0354. The molecule has 0 aromatic heterocycles. The molecule has 0 aliphatic carbocycles. The Bertz CT molecular complexity index is 69.2. The number of nitrogens with one attached hydrogen (secondary N) is 2. The number of aliphatic hydroxyl groups excluding tert-OH is 1. The zero-order chi connectivity index (χ0) is 4.99. The van der Waals surface area contributed by atoms with Crippen molar-refractivity contribution in [1.82, 2.24) is 0 Å². The van der Waals surface area contributed by atoms with Gasteiger partial charge in [0.2, 0.25) is 0 Å². The van der Waals surface area contributed by atoms with Crippen molar-refractivity contribution in [1.29, 1.82) is 10.9 Å². The predicted octanol–water partition coefficient (Wildman–Crippen LogP) is -0.0131. The van der Waals surface area contributed by atoms with E-state index in [1.165, 1.54) is 0 Å². The minimum Gasteiger partial charge on any atom is -0.388 e. The molecule has 0 aliphatic heterocycles. The molecule has 6 heavy (non-hydrogen) atoms. The molecule has 0 unspecified atom stereocenters. The van der Waals surface area contributed by atoms with E-state index in [4.69, 9.17) is 16.0 Å². The molecule has 3 N–H and O–H groups in total. The number of rotatable bonds is 1. The van der Waals surface area contributed by atoms with Crippen molar-refractivity contribution in [2.45, 2.75) is 0 Å². The van der Waals surface area contributed by atoms with E-state index in [-0.39, 0.29) is 5.84 Å². The van der Waals surface area contributed by atoms with Gasteiger partial charge in [-0.1, -0.05) is 0 Å². The first-order valence-electron chi connectivity index (χ1n) is 1.37. The normalized spacial score (nSPS) is 7.50. The van der Waals surface area contributed by atoms with Crippen LogP contribution in [0, 0.1) is 10.9 Å². The fraction of sp³-hybridized carbons (Fsp3) is 0.500. The maximum Gasteiger partial charge on any atom is 0.168 e. The lowest BCUT2D eigenvalue weighted by Crippen LogP contribution is -1.94. The first kappa shape index (κ1) is 5.23. The second-order valence-electron chi connectivity index (χ2n) is 0.717. The SMILES string of the molecule is N=NC(=N)CO. The highest BCUT2D eigenvalue weighted by Gasteiger charge is 1.80. The van der Waals surface area contributed by atoms with Gasteiger partial charge in [-0.3, -0.25) is 5.41 Å². The Morgan fingerprint density at radius 3 is 2.33 bits per heavy atom. The molecule has 0 bridgehead atoms. The summed E-state index contributed by atoms with van der Waals surface area (Å²) in [5.74, 6) is -0.310. The summed E-state index contributed by atoms with van der Waals surface area (Å²) in [6.07, 6.45) is 0. The number of aliphatic hydroxyl groups is 1. The largest absolute Gasteiger partial charge is 0.388 e. The zero-order valence-corrected chi connectivity index (χ0v) is 3.10. The van der Waals surface area contributed by atoms with Gasteiger partial charge in [-0.2, -0.15) is 0 Å². The molecule has 0 rings (SSSR count). The summed E-state index contributed by atoms with van der Waals surface area (Å²) >= 11 is 0. The van der Waals surface area contributed by atoms with Crippen LogP contribution in [0.3, 0.4) is 0 Å². The molecule has 0 amide bonds. The summed E-state index contributed by atoms with van der Waals surface area (Å²) in [7, 11) is 0. The van der Waals surface area contributed by atoms with Crippen LogP contribution in [-0.4, -0.2) is 17.5 Å². The van der Waals surface area contributed by atoms with Crippen LogP contribution >= 0.6 is 0 Å². The van der Waals surface area contributed by atoms with Crippen LogP contribution < -0.4 is 0 Å². The zero-order valence-electron chi connectivity index (χ0n) is 3.10. The van der Waals surface area contributed by atoms with Gasteiger partial charge >= 0.3 is 0 Å². The maximum absolute atomic E-state index is 7.90. The first-order chi connectivity index (χ1) is 2.81. The standard InChI is InChI=1S/C2H5N3O/c3-2(1-6)5-4/h3-4,6H,1H2. The van der Waals surface area contributed by atoms with Crippen LogP contribution in [0.4, 0.5) is 0 Å². The van der Waals surface area contributed by atoms with Gasteiger partial charge in [-0.05, 0) is 0 Å². The summed E-state index contributed by atoms with van der Waals surface area (Å²) in [6.45, 7) is -0.441. The van der Waals surface area contributed by atoms with Crippen LogP contribution in [0.5, 0.6) is 0 Å². The molecule has 34 valence electrons. The average molecular weight is 87.1 g/mol. The molecule has 4 heteroatoms. The lowest BCUT2D eigenvalue weighted by atomic mass is 10.7. The third-order valence-electron chi connectivity index (χ3n) is 0.285. The Labute approximate surface area is 34.8 Å². The quantitative estimate of drug-likeness (QED) is 0.234. The average Bonchev–Trinajstić information content (AvgIpc) is 1.65. The fourth-order valence-electron chi connectivity index (χ4n) is 0.0354. The second-order valence-corrected chi connectivity index (χ2v) is 0.717. The Hall–Kier alpha value is -0.770. The molecule has 0 radical (unpaired) electrons. The van der Waals surface area contributed by atoms with Crippen molar-refractivity contribution in [3.63, 3.8) is 0 Å². The van der Waals surface area contributed by atoms with Crippen LogP contribution in [0.15, 0.2) is 5.11 Å². The van der Waals surface area contributed by atoms with E-state index in [1.807, 2.05) is 0 Å². The lowest BCUT2D eigenvalue weighted by molar-refractivity contribution is 0.354. The molecule has 4 nitrogen and oxygen atoms in total. The minimum atomic E-state index is -0.441. The van der Waals surface area contributed by atoms with Gasteiger partial charge in [0.1, 0.15) is 6.61 Å². The number of nitrogens with zero attached hydrogens (tertiary/aromatic N) is 1. The number of hydrogen-bond acceptors (Lipinski definition) is 3. The van der Waals surface area contributed by atoms with E-state index in [2.05, 4.69) is 5.11 Å². The van der Waals surface area contributed by atoms with E-state index >= 15 is 0 Å². The summed E-state index contributed by atoms with van der Waals surface area (Å²) in [5, 5.41) is 16.9. The van der Waals surface area contributed by atoms with Gasteiger partial charge in [0.05, 0.1) is 0 Å². The van der Waals surface area contributed by atoms with Gasteiger partial charge in [0.25, 0.3) is 0 Å². The third-order valence-corrected chi connectivity index (χ3v) is 0.285. The molecule has 0 aliphatic rings. The van der Waals surface area contributed by atoms with Crippen molar-refractivity contribution >= 4 is 5.84 Å². The van der Waals surface area contributed by atoms with Gasteiger partial charge < -0.3 is 5.11 Å². The van der Waals surface area contributed by atoms with Gasteiger partial charge in [-0.25, -0.2) is 5.53 Å². The molecule has 0 atom stereocenters. The molecule has 0 saturated carbocycles. The highest BCUT2D eigenvalue weighted by molar-refractivity contribution is 5.79. The summed E-state index contributed by atoms with van der Waals surface area (Å²) in [6, 6.07) is 0. The van der Waals surface area contributed by atoms with Gasteiger partial charge in [-0.15, -0.1) is 5.11 Å². The molecule has 0 aromatic carbocycles. The van der Waals surface area contributed by atoms with E-state index in [1.54, 1.807) is 0 Å². The number of amidine groups is 1. The molecule has 0 heterocycles. The third kappa shape index (κ3) is 1.54. The molecule has 0 saturated heterocycles. The Morgan fingerprint density at radius 2 is 2.33 bits per heavy atom. The molecular formula is C2H5N3O. The Morgan fingerprint density at radius 1 is 1.83 bits per heavy atom. The highest BCUT2D eigenvalue weighted by Crippen LogP contribution is 1.66. The Kier molecular flexibility index (Phi) is 2.15. The van der Waals surface area contributed by atoms with Crippen molar-refractivity contribution < 1.29 is 5.11 Å². The first-order valence-corrected chi connectivity index (χ1v) is 1.37. The van der Waals surface area contributed by atoms with E-state index in [0.29, 0.717) is 0 Å². The Balaban J connectivity index is 3.23. The van der Waals surface area contributed by atoms with Crippen molar-refractivity contribution in [3.05, 3.63) is 0 Å². The van der Waals surface area contributed by atoms with Crippen LogP contribution in [-0.2, 0) is 0 Å². The molecule has 0 aromatic rings. The monoisotopic (exact) mass is 87.0 g/mol. The van der Waals surface area contributed by atoms with Crippen LogP contribution in [0.25, 0.3) is 0 Å². The molecule has 0 fully saturated rings. The lowest BCUT2D eigenvalue weighted by Gasteiger charge is -1.78. The van der Waals surface area contributed by atoms with Crippen molar-refractivity contribution in [3.8, 4) is 0 Å². The summed E-state index contributed by atoms with van der Waals surface area (Å²) in [5.41, 5.74) is 6.05. The second kappa shape index (κ2) is 2.47. The minimum absolute atomic E-state index is 0.310. The molecular weight excluding hydrogens is 82.0 g/mol. The number of hydrogen-bond donors (Lipinski definition) is 3. The summed E-state index contributed by atoms with van der Waals surface area (Å²) < 4.78 is 0. The van der Waals surface area contributed by atoms with E-state index < -0.39 is 6.61 Å². The van der Waals surface area contributed by atoms with Crippen LogP contribution in [0.2, 0.25) is 0 Å². The summed E-state index contributed by atoms with van der Waals surface area (Å²) in [4.78, 5) is 0. The predicted molar refractivity (Wildman–Crippen MR) is 20.0 cm³/mol. The van der Waals surface area contributed by atoms with Crippen LogP contribution in [0.1, 0.15) is 0 Å². The highest BCUT2D eigenvalue weighted by atomic mass is 16.3. The van der Waals surface area contributed by atoms with Gasteiger partial charge in [0, 0.05) is 0 Å². The topological polar surface area (TPSA) is 80.3 Å². The smallest absolute Gasteiger partial charge is 0.168 e. The van der Waals surface area contributed by atoms with E-state index in [0.717, 1.165) is 0 Å².